The molecule has 4 nitrogen and oxygen atoms in total. The molecule has 2 unspecified atom stereocenters. The molecule has 0 aromatic heterocycles. The molecule has 0 aromatic rings. The Morgan fingerprint density at radius 1 is 0.472 bits per heavy atom. The van der Waals surface area contributed by atoms with Crippen LogP contribution in [0, 0.1) is 0 Å². The Balaban J connectivity index is 3.74. The third-order valence-electron chi connectivity index (χ3n) is 8.99. The van der Waals surface area contributed by atoms with Gasteiger partial charge in [0.1, 0.15) is 0 Å². The molecular formula is C49H81NO3. The van der Waals surface area contributed by atoms with Crippen LogP contribution in [-0.4, -0.2) is 34.9 Å². The van der Waals surface area contributed by atoms with Gasteiger partial charge in [-0.3, -0.25) is 4.79 Å². The van der Waals surface area contributed by atoms with E-state index in [9.17, 15) is 15.0 Å². The topological polar surface area (TPSA) is 69.6 Å². The summed E-state index contributed by atoms with van der Waals surface area (Å²) in [7, 11) is 0. The van der Waals surface area contributed by atoms with E-state index in [1.165, 1.54) is 64.2 Å². The SMILES string of the molecule is CC/C=C\C/C=C\C/C=C\C/C=C\C/C=C\C/C=C\C/C=C\CCCCCCCC(=O)NC(CO)C(O)/C=C/CC/C=C/CCCCCCCCCC. The highest BCUT2D eigenvalue weighted by atomic mass is 16.3. The van der Waals surface area contributed by atoms with Gasteiger partial charge in [-0.1, -0.05) is 187 Å². The first-order chi connectivity index (χ1) is 26.2. The van der Waals surface area contributed by atoms with Gasteiger partial charge in [-0.25, -0.2) is 0 Å². The molecule has 0 fully saturated rings. The van der Waals surface area contributed by atoms with Crippen LogP contribution in [0.1, 0.15) is 174 Å². The molecule has 0 rings (SSSR count). The van der Waals surface area contributed by atoms with Crippen LogP contribution >= 0.6 is 0 Å². The van der Waals surface area contributed by atoms with Crippen molar-refractivity contribution in [2.75, 3.05) is 6.61 Å². The Labute approximate surface area is 327 Å². The first-order valence-electron chi connectivity index (χ1n) is 21.6. The van der Waals surface area contributed by atoms with Crippen LogP contribution in [-0.2, 0) is 4.79 Å². The molecule has 0 radical (unpaired) electrons. The number of amides is 1. The van der Waals surface area contributed by atoms with Crippen molar-refractivity contribution in [3.8, 4) is 0 Å². The molecule has 4 heteroatoms. The number of unbranched alkanes of at least 4 members (excludes halogenated alkanes) is 14. The monoisotopic (exact) mass is 732 g/mol. The lowest BCUT2D eigenvalue weighted by Crippen LogP contribution is -2.45. The standard InChI is InChI=1S/C49H81NO3/c1-3-5-7-9-11-13-15-17-19-20-21-22-23-24-25-26-27-28-29-30-31-33-35-37-39-41-43-45-49(53)50-47(46-51)48(52)44-42-40-38-36-34-32-18-16-14-12-10-8-6-4-2/h5,7,11,13,17,19,21-22,24-25,27-28,30-31,34,36,42,44,47-48,51-52H,3-4,6,8-10,12,14-16,18,20,23,26,29,32-33,35,37-41,43,45-46H2,1-2H3,(H,50,53)/b7-5-,13-11-,19-17-,22-21-,25-24-,28-27-,31-30-,36-34+,44-42+. The van der Waals surface area contributed by atoms with Crippen LogP contribution in [0.4, 0.5) is 0 Å². The van der Waals surface area contributed by atoms with Crippen molar-refractivity contribution >= 4 is 5.91 Å². The van der Waals surface area contributed by atoms with Crippen molar-refractivity contribution in [1.29, 1.82) is 0 Å². The van der Waals surface area contributed by atoms with Crippen LogP contribution in [0.15, 0.2) is 109 Å². The molecule has 0 heterocycles. The fourth-order valence-electron chi connectivity index (χ4n) is 5.70. The molecule has 0 saturated carbocycles. The highest BCUT2D eigenvalue weighted by Gasteiger charge is 2.17. The van der Waals surface area contributed by atoms with E-state index in [1.54, 1.807) is 6.08 Å². The van der Waals surface area contributed by atoms with E-state index < -0.39 is 12.1 Å². The highest BCUT2D eigenvalue weighted by molar-refractivity contribution is 5.76. The molecule has 3 N–H and O–H groups in total. The van der Waals surface area contributed by atoms with Gasteiger partial charge in [-0.2, -0.15) is 0 Å². The Bertz CT molecular complexity index is 1060. The van der Waals surface area contributed by atoms with Gasteiger partial charge in [0.15, 0.2) is 0 Å². The summed E-state index contributed by atoms with van der Waals surface area (Å²) in [5.74, 6) is -0.0993. The average Bonchev–Trinajstić information content (AvgIpc) is 3.16. The lowest BCUT2D eigenvalue weighted by molar-refractivity contribution is -0.123. The van der Waals surface area contributed by atoms with E-state index in [0.717, 1.165) is 89.9 Å². The van der Waals surface area contributed by atoms with Crippen molar-refractivity contribution in [3.63, 3.8) is 0 Å². The number of hydrogen-bond donors (Lipinski definition) is 3. The summed E-state index contributed by atoms with van der Waals surface area (Å²) in [6.45, 7) is 4.15. The molecule has 53 heavy (non-hydrogen) atoms. The third-order valence-corrected chi connectivity index (χ3v) is 8.99. The number of carbonyl (C=O) groups excluding carboxylic acids is 1. The number of hydrogen-bond acceptors (Lipinski definition) is 3. The van der Waals surface area contributed by atoms with Gasteiger partial charge in [0.05, 0.1) is 18.8 Å². The van der Waals surface area contributed by atoms with Crippen molar-refractivity contribution in [2.45, 2.75) is 187 Å². The predicted octanol–water partition coefficient (Wildman–Crippen LogP) is 13.6. The van der Waals surface area contributed by atoms with Gasteiger partial charge < -0.3 is 15.5 Å². The summed E-state index contributed by atoms with van der Waals surface area (Å²) in [4.78, 5) is 12.4. The lowest BCUT2D eigenvalue weighted by atomic mass is 10.1. The number of aliphatic hydroxyl groups is 2. The first-order valence-corrected chi connectivity index (χ1v) is 21.6. The molecule has 0 saturated heterocycles. The molecule has 0 aliphatic rings. The van der Waals surface area contributed by atoms with Crippen molar-refractivity contribution in [1.82, 2.24) is 5.32 Å². The van der Waals surface area contributed by atoms with Gasteiger partial charge in [-0.05, 0) is 89.9 Å². The van der Waals surface area contributed by atoms with Crippen molar-refractivity contribution < 1.29 is 15.0 Å². The minimum absolute atomic E-state index is 0.0993. The number of aliphatic hydroxyl groups excluding tert-OH is 2. The van der Waals surface area contributed by atoms with E-state index >= 15 is 0 Å². The summed E-state index contributed by atoms with van der Waals surface area (Å²) < 4.78 is 0. The van der Waals surface area contributed by atoms with Crippen molar-refractivity contribution in [3.05, 3.63) is 109 Å². The zero-order valence-electron chi connectivity index (χ0n) is 34.2. The number of carbonyl (C=O) groups is 1. The summed E-state index contributed by atoms with van der Waals surface area (Å²) in [6, 6.07) is -0.657. The minimum Gasteiger partial charge on any atom is -0.394 e. The smallest absolute Gasteiger partial charge is 0.220 e. The Morgan fingerprint density at radius 2 is 0.849 bits per heavy atom. The maximum absolute atomic E-state index is 12.4. The molecule has 0 bridgehead atoms. The lowest BCUT2D eigenvalue weighted by Gasteiger charge is -2.19. The van der Waals surface area contributed by atoms with E-state index in [2.05, 4.69) is 116 Å². The summed E-state index contributed by atoms with van der Waals surface area (Å²) in [5, 5.41) is 22.9. The van der Waals surface area contributed by atoms with E-state index in [-0.39, 0.29) is 12.5 Å². The van der Waals surface area contributed by atoms with E-state index in [4.69, 9.17) is 0 Å². The van der Waals surface area contributed by atoms with Gasteiger partial charge >= 0.3 is 0 Å². The molecule has 0 aliphatic heterocycles. The van der Waals surface area contributed by atoms with Crippen molar-refractivity contribution in [2.24, 2.45) is 0 Å². The summed E-state index contributed by atoms with van der Waals surface area (Å²) in [5.41, 5.74) is 0. The highest BCUT2D eigenvalue weighted by Crippen LogP contribution is 2.11. The largest absolute Gasteiger partial charge is 0.394 e. The summed E-state index contributed by atoms with van der Waals surface area (Å²) in [6.07, 6.45) is 66.1. The van der Waals surface area contributed by atoms with E-state index in [1.807, 2.05) is 6.08 Å². The van der Waals surface area contributed by atoms with Crippen LogP contribution in [0.3, 0.4) is 0 Å². The fourth-order valence-corrected chi connectivity index (χ4v) is 5.70. The molecule has 2 atom stereocenters. The molecule has 300 valence electrons. The Hall–Kier alpha value is -2.95. The molecular weight excluding hydrogens is 651 g/mol. The minimum atomic E-state index is -0.877. The second-order valence-electron chi connectivity index (χ2n) is 14.0. The quantitative estimate of drug-likeness (QED) is 0.0440. The van der Waals surface area contributed by atoms with Gasteiger partial charge in [0.2, 0.25) is 5.91 Å². The molecule has 1 amide bonds. The van der Waals surface area contributed by atoms with E-state index in [0.29, 0.717) is 6.42 Å². The van der Waals surface area contributed by atoms with Crippen LogP contribution in [0.25, 0.3) is 0 Å². The fraction of sp³-hybridized carbons (Fsp3) is 0.612. The summed E-state index contributed by atoms with van der Waals surface area (Å²) >= 11 is 0. The maximum Gasteiger partial charge on any atom is 0.220 e. The predicted molar refractivity (Wildman–Crippen MR) is 234 cm³/mol. The first kappa shape index (κ1) is 50.1. The number of rotatable bonds is 37. The van der Waals surface area contributed by atoms with Gasteiger partial charge in [0.25, 0.3) is 0 Å². The van der Waals surface area contributed by atoms with Crippen LogP contribution in [0.5, 0.6) is 0 Å². The Morgan fingerprint density at radius 3 is 1.32 bits per heavy atom. The molecule has 0 aromatic carbocycles. The van der Waals surface area contributed by atoms with Gasteiger partial charge in [-0.15, -0.1) is 0 Å². The number of allylic oxidation sites excluding steroid dienone is 17. The zero-order chi connectivity index (χ0) is 38.6. The van der Waals surface area contributed by atoms with Gasteiger partial charge in [0, 0.05) is 6.42 Å². The molecule has 0 spiro atoms. The zero-order valence-corrected chi connectivity index (χ0v) is 34.2. The normalized spacial score (nSPS) is 14.1. The Kier molecular flexibility index (Phi) is 41.0. The second kappa shape index (κ2) is 43.5. The maximum atomic E-state index is 12.4. The average molecular weight is 732 g/mol. The second-order valence-corrected chi connectivity index (χ2v) is 14.0. The van der Waals surface area contributed by atoms with Crippen LogP contribution < -0.4 is 5.32 Å². The third kappa shape index (κ3) is 40.1. The molecule has 0 aliphatic carbocycles. The van der Waals surface area contributed by atoms with Crippen LogP contribution in [0.2, 0.25) is 0 Å². The number of nitrogens with one attached hydrogen (secondary N) is 1.